The van der Waals surface area contributed by atoms with Crippen LogP contribution in [0.4, 0.5) is 9.18 Å². The Morgan fingerprint density at radius 1 is 1.19 bits per heavy atom. The zero-order valence-electron chi connectivity index (χ0n) is 22.3. The zero-order valence-corrected chi connectivity index (χ0v) is 23.1. The molecular formula is C28H44ClFN4O3. The van der Waals surface area contributed by atoms with Crippen LogP contribution in [-0.4, -0.2) is 61.2 Å². The molecule has 0 bridgehead atoms. The number of likely N-dealkylation sites (N-methyl/N-ethyl adjacent to an activating group) is 1. The van der Waals surface area contributed by atoms with Crippen LogP contribution in [0.2, 0.25) is 5.02 Å². The number of halogens is 2. The van der Waals surface area contributed by atoms with Crippen LogP contribution in [0.5, 0.6) is 0 Å². The number of aliphatic hydroxyl groups is 1. The van der Waals surface area contributed by atoms with E-state index in [1.54, 1.807) is 11.0 Å². The van der Waals surface area contributed by atoms with Gasteiger partial charge in [-0.1, -0.05) is 43.7 Å². The number of amides is 3. The number of nitrogens with zero attached hydrogens (tertiary/aromatic N) is 1. The molecule has 37 heavy (non-hydrogen) atoms. The molecule has 1 saturated heterocycles. The molecule has 2 aliphatic rings. The lowest BCUT2D eigenvalue weighted by Gasteiger charge is -2.43. The monoisotopic (exact) mass is 538 g/mol. The van der Waals surface area contributed by atoms with Crippen LogP contribution in [0.1, 0.15) is 76.7 Å². The normalized spacial score (nSPS) is 21.2. The molecule has 0 spiro atoms. The molecule has 4 N–H and O–H groups in total. The second kappa shape index (κ2) is 14.3. The van der Waals surface area contributed by atoms with Crippen LogP contribution >= 0.6 is 11.6 Å². The van der Waals surface area contributed by atoms with Crippen molar-refractivity contribution in [3.05, 3.63) is 34.6 Å². The minimum Gasteiger partial charge on any atom is -0.385 e. The minimum absolute atomic E-state index is 0.0551. The number of hydrogen-bond acceptors (Lipinski definition) is 4. The van der Waals surface area contributed by atoms with Crippen molar-refractivity contribution in [2.45, 2.75) is 82.8 Å². The Morgan fingerprint density at radius 3 is 2.62 bits per heavy atom. The summed E-state index contributed by atoms with van der Waals surface area (Å²) in [5.74, 6) is -0.288. The Labute approximate surface area is 225 Å². The maximum atomic E-state index is 14.3. The van der Waals surface area contributed by atoms with Crippen molar-refractivity contribution in [3.63, 3.8) is 0 Å². The molecule has 1 aromatic carbocycles. The van der Waals surface area contributed by atoms with Gasteiger partial charge in [-0.2, -0.15) is 0 Å². The molecule has 1 aliphatic heterocycles. The van der Waals surface area contributed by atoms with E-state index in [0.717, 1.165) is 12.8 Å². The Morgan fingerprint density at radius 2 is 1.95 bits per heavy atom. The number of carbonyl (C=O) groups excluding carboxylic acids is 2. The van der Waals surface area contributed by atoms with Crippen LogP contribution < -0.4 is 16.0 Å². The summed E-state index contributed by atoms with van der Waals surface area (Å²) in [6.07, 6.45) is 9.54. The fourth-order valence-corrected chi connectivity index (χ4v) is 6.31. The molecule has 208 valence electrons. The highest BCUT2D eigenvalue weighted by Crippen LogP contribution is 2.40. The number of urea groups is 1. The van der Waals surface area contributed by atoms with Crippen LogP contribution in [0, 0.1) is 17.7 Å². The number of piperidine rings is 1. The van der Waals surface area contributed by atoms with Gasteiger partial charge in [0.25, 0.3) is 0 Å². The van der Waals surface area contributed by atoms with Gasteiger partial charge in [-0.05, 0) is 68.8 Å². The summed E-state index contributed by atoms with van der Waals surface area (Å²) in [7, 11) is 1.90. The maximum absolute atomic E-state index is 14.3. The Balaban J connectivity index is 1.71. The quantitative estimate of drug-likeness (QED) is 0.311. The summed E-state index contributed by atoms with van der Waals surface area (Å²) >= 11 is 6.16. The number of hydrogen-bond donors (Lipinski definition) is 4. The second-order valence-corrected chi connectivity index (χ2v) is 11.3. The number of carbonyl (C=O) groups is 2. The first-order valence-corrected chi connectivity index (χ1v) is 14.2. The van der Waals surface area contributed by atoms with E-state index in [-0.39, 0.29) is 28.9 Å². The Kier molecular flexibility index (Phi) is 11.5. The van der Waals surface area contributed by atoms with E-state index in [0.29, 0.717) is 56.9 Å². The highest BCUT2D eigenvalue weighted by atomic mass is 35.5. The van der Waals surface area contributed by atoms with Crippen LogP contribution in [0.15, 0.2) is 18.2 Å². The average molecular weight is 539 g/mol. The third kappa shape index (κ3) is 8.82. The molecule has 1 unspecified atom stereocenters. The predicted octanol–water partition coefficient (Wildman–Crippen LogP) is 4.56. The molecule has 1 aliphatic carbocycles. The third-order valence-corrected chi connectivity index (χ3v) is 8.19. The lowest BCUT2D eigenvalue weighted by Crippen LogP contribution is -2.54. The highest BCUT2D eigenvalue weighted by Gasteiger charge is 2.41. The predicted molar refractivity (Wildman–Crippen MR) is 145 cm³/mol. The second-order valence-electron chi connectivity index (χ2n) is 10.9. The molecule has 9 heteroatoms. The molecule has 0 aromatic heterocycles. The number of rotatable bonds is 11. The van der Waals surface area contributed by atoms with E-state index in [9.17, 15) is 19.1 Å². The molecule has 7 nitrogen and oxygen atoms in total. The molecule has 1 saturated carbocycles. The van der Waals surface area contributed by atoms with E-state index in [1.165, 1.54) is 51.2 Å². The van der Waals surface area contributed by atoms with Crippen molar-refractivity contribution in [1.82, 2.24) is 20.9 Å². The van der Waals surface area contributed by atoms with E-state index in [2.05, 4.69) is 16.0 Å². The first-order valence-electron chi connectivity index (χ1n) is 13.8. The van der Waals surface area contributed by atoms with Gasteiger partial charge >= 0.3 is 6.03 Å². The van der Waals surface area contributed by atoms with Gasteiger partial charge in [0.1, 0.15) is 5.82 Å². The van der Waals surface area contributed by atoms with Gasteiger partial charge < -0.3 is 26.0 Å². The summed E-state index contributed by atoms with van der Waals surface area (Å²) < 4.78 is 14.3. The van der Waals surface area contributed by atoms with E-state index < -0.39 is 11.4 Å². The van der Waals surface area contributed by atoms with Gasteiger partial charge in [-0.3, -0.25) is 4.79 Å². The number of benzene rings is 1. The van der Waals surface area contributed by atoms with Gasteiger partial charge in [-0.15, -0.1) is 0 Å². The van der Waals surface area contributed by atoms with Crippen molar-refractivity contribution in [1.29, 1.82) is 0 Å². The van der Waals surface area contributed by atoms with Gasteiger partial charge in [0.2, 0.25) is 5.91 Å². The van der Waals surface area contributed by atoms with Gasteiger partial charge in [0.15, 0.2) is 0 Å². The molecule has 3 rings (SSSR count). The van der Waals surface area contributed by atoms with Crippen LogP contribution in [-0.2, 0) is 10.4 Å². The topological polar surface area (TPSA) is 93.7 Å². The summed E-state index contributed by atoms with van der Waals surface area (Å²) in [6, 6.07) is 4.10. The summed E-state index contributed by atoms with van der Waals surface area (Å²) in [6.45, 7) is 3.56. The van der Waals surface area contributed by atoms with Crippen molar-refractivity contribution in [2.24, 2.45) is 11.8 Å². The van der Waals surface area contributed by atoms with Gasteiger partial charge in [0, 0.05) is 50.1 Å². The van der Waals surface area contributed by atoms with E-state index >= 15 is 0 Å². The average Bonchev–Trinajstić information content (AvgIpc) is 2.86. The van der Waals surface area contributed by atoms with E-state index in [4.69, 9.17) is 11.6 Å². The standard InChI is InChI=1S/C28H44ClFN4O3/c1-20(35)32-12-7-11-28(37,23-15-24(29)17-25(30)16-23)22-10-6-13-34(19-22)27(36)33-26(18-31-2)14-21-8-4-3-5-9-21/h15-17,21-22,26,31,37H,3-14,18-19H2,1-2H3,(H,32,35)(H,33,36)/t22-,26?,28+/m1/s1. The SMILES string of the molecule is CNCC(CC1CCCCC1)NC(=O)N1CCC[C@@H]([C@@](O)(CCCNC(C)=O)c2cc(F)cc(Cl)c2)C1. The third-order valence-electron chi connectivity index (χ3n) is 7.98. The highest BCUT2D eigenvalue weighted by molar-refractivity contribution is 6.30. The van der Waals surface area contributed by atoms with Crippen molar-refractivity contribution in [3.8, 4) is 0 Å². The molecule has 1 heterocycles. The Bertz CT molecular complexity index is 878. The van der Waals surface area contributed by atoms with Crippen LogP contribution in [0.3, 0.4) is 0 Å². The number of nitrogens with one attached hydrogen (secondary N) is 3. The van der Waals surface area contributed by atoms with Gasteiger partial charge in [-0.25, -0.2) is 9.18 Å². The van der Waals surface area contributed by atoms with Crippen molar-refractivity contribution >= 4 is 23.5 Å². The molecule has 2 fully saturated rings. The summed E-state index contributed by atoms with van der Waals surface area (Å²) in [4.78, 5) is 26.5. The molecule has 3 atom stereocenters. The first-order chi connectivity index (χ1) is 17.7. The first kappa shape index (κ1) is 29.7. The summed E-state index contributed by atoms with van der Waals surface area (Å²) in [5, 5.41) is 21.4. The van der Waals surface area contributed by atoms with Crippen LogP contribution in [0.25, 0.3) is 0 Å². The number of likely N-dealkylation sites (tertiary alicyclic amines) is 1. The Hall–Kier alpha value is -1.90. The summed E-state index contributed by atoms with van der Waals surface area (Å²) in [5.41, 5.74) is -0.965. The molecule has 1 aromatic rings. The molecular weight excluding hydrogens is 495 g/mol. The lowest BCUT2D eigenvalue weighted by atomic mass is 9.74. The fourth-order valence-electron chi connectivity index (χ4n) is 6.09. The molecule has 0 radical (unpaired) electrons. The maximum Gasteiger partial charge on any atom is 0.317 e. The fraction of sp³-hybridized carbons (Fsp3) is 0.714. The largest absolute Gasteiger partial charge is 0.385 e. The van der Waals surface area contributed by atoms with E-state index in [1.807, 2.05) is 7.05 Å². The zero-order chi connectivity index (χ0) is 26.8. The van der Waals surface area contributed by atoms with Gasteiger partial charge in [0.05, 0.1) is 5.60 Å². The van der Waals surface area contributed by atoms with Crippen molar-refractivity contribution in [2.75, 3.05) is 33.2 Å². The minimum atomic E-state index is -1.38. The van der Waals surface area contributed by atoms with Crippen molar-refractivity contribution < 1.29 is 19.1 Å². The smallest absolute Gasteiger partial charge is 0.317 e. The lowest BCUT2D eigenvalue weighted by molar-refractivity contribution is -0.119. The molecule has 3 amide bonds.